The predicted octanol–water partition coefficient (Wildman–Crippen LogP) is 5.75. The Morgan fingerprint density at radius 1 is 1.04 bits per heavy atom. The van der Waals surface area contributed by atoms with E-state index in [2.05, 4.69) is 31.9 Å². The van der Waals surface area contributed by atoms with Crippen LogP contribution in [0.25, 0.3) is 17.1 Å². The van der Waals surface area contributed by atoms with Gasteiger partial charge < -0.3 is 4.42 Å². The van der Waals surface area contributed by atoms with E-state index in [0.717, 1.165) is 27.9 Å². The summed E-state index contributed by atoms with van der Waals surface area (Å²) in [5.74, 6) is 2.82. The summed E-state index contributed by atoms with van der Waals surface area (Å²) in [4.78, 5) is 4.59. The fourth-order valence-electron chi connectivity index (χ4n) is 3.04. The SMILES string of the molecule is Clc1ccc(-c2nc(CSc3nnc(C4CC4)n3-c3ccccc3)co2)cc1. The molecule has 1 fully saturated rings. The van der Waals surface area contributed by atoms with E-state index >= 15 is 0 Å². The summed E-state index contributed by atoms with van der Waals surface area (Å²) in [5, 5.41) is 10.5. The van der Waals surface area contributed by atoms with Crippen molar-refractivity contribution < 1.29 is 4.42 Å². The molecule has 0 amide bonds. The molecule has 0 bridgehead atoms. The van der Waals surface area contributed by atoms with Crippen LogP contribution in [-0.4, -0.2) is 19.7 Å². The van der Waals surface area contributed by atoms with E-state index in [4.69, 9.17) is 16.0 Å². The van der Waals surface area contributed by atoms with E-state index in [-0.39, 0.29) is 0 Å². The summed E-state index contributed by atoms with van der Waals surface area (Å²) in [7, 11) is 0. The lowest BCUT2D eigenvalue weighted by molar-refractivity contribution is 0.573. The second kappa shape index (κ2) is 7.45. The summed E-state index contributed by atoms with van der Waals surface area (Å²) in [6.45, 7) is 0. The number of rotatable bonds is 6. The van der Waals surface area contributed by atoms with Crippen LogP contribution < -0.4 is 0 Å². The molecule has 0 unspecified atom stereocenters. The number of benzene rings is 2. The first-order chi connectivity index (χ1) is 13.8. The van der Waals surface area contributed by atoms with Crippen molar-refractivity contribution in [3.8, 4) is 17.1 Å². The molecule has 2 aromatic heterocycles. The lowest BCUT2D eigenvalue weighted by Crippen LogP contribution is -2.01. The Morgan fingerprint density at radius 2 is 1.82 bits per heavy atom. The number of para-hydroxylation sites is 1. The van der Waals surface area contributed by atoms with Crippen molar-refractivity contribution in [2.24, 2.45) is 0 Å². The van der Waals surface area contributed by atoms with Gasteiger partial charge in [0.05, 0.1) is 5.69 Å². The van der Waals surface area contributed by atoms with Crippen LogP contribution in [0.5, 0.6) is 0 Å². The van der Waals surface area contributed by atoms with Gasteiger partial charge in [-0.05, 0) is 49.2 Å². The number of halogens is 1. The molecule has 2 aromatic carbocycles. The molecule has 0 atom stereocenters. The molecule has 0 saturated heterocycles. The summed E-state index contributed by atoms with van der Waals surface area (Å²) >= 11 is 7.56. The van der Waals surface area contributed by atoms with E-state index in [1.807, 2.05) is 42.5 Å². The van der Waals surface area contributed by atoms with Gasteiger partial charge in [0.2, 0.25) is 5.89 Å². The maximum atomic E-state index is 5.95. The Morgan fingerprint density at radius 3 is 2.57 bits per heavy atom. The van der Waals surface area contributed by atoms with Crippen LogP contribution in [-0.2, 0) is 5.75 Å². The molecule has 0 N–H and O–H groups in total. The summed E-state index contributed by atoms with van der Waals surface area (Å²) in [6, 6.07) is 17.7. The zero-order valence-corrected chi connectivity index (χ0v) is 16.5. The van der Waals surface area contributed by atoms with Gasteiger partial charge in [-0.25, -0.2) is 4.98 Å². The van der Waals surface area contributed by atoms with Crippen molar-refractivity contribution in [2.45, 2.75) is 29.7 Å². The first-order valence-electron chi connectivity index (χ1n) is 9.12. The van der Waals surface area contributed by atoms with Crippen molar-refractivity contribution in [3.05, 3.63) is 77.4 Å². The highest BCUT2D eigenvalue weighted by molar-refractivity contribution is 7.98. The first-order valence-corrected chi connectivity index (χ1v) is 10.5. The van der Waals surface area contributed by atoms with Crippen molar-refractivity contribution in [1.82, 2.24) is 19.7 Å². The van der Waals surface area contributed by atoms with Crippen molar-refractivity contribution in [2.75, 3.05) is 0 Å². The van der Waals surface area contributed by atoms with Crippen LogP contribution >= 0.6 is 23.4 Å². The molecule has 0 aliphatic heterocycles. The Kier molecular flexibility index (Phi) is 4.66. The molecular formula is C21H17ClN4OS. The fraction of sp³-hybridized carbons (Fsp3) is 0.190. The molecule has 0 radical (unpaired) electrons. The third-order valence-electron chi connectivity index (χ3n) is 4.61. The standard InChI is InChI=1S/C21H17ClN4OS/c22-16-10-8-15(9-11-16)20-23-17(12-27-20)13-28-21-25-24-19(14-6-7-14)26(21)18-4-2-1-3-5-18/h1-5,8-12,14H,6-7,13H2. The fourth-order valence-corrected chi connectivity index (χ4v) is 4.00. The number of hydrogen-bond donors (Lipinski definition) is 0. The third kappa shape index (κ3) is 3.57. The highest BCUT2D eigenvalue weighted by Gasteiger charge is 2.31. The first kappa shape index (κ1) is 17.5. The summed E-state index contributed by atoms with van der Waals surface area (Å²) in [5.41, 5.74) is 2.87. The largest absolute Gasteiger partial charge is 0.444 e. The van der Waals surface area contributed by atoms with Gasteiger partial charge in [-0.2, -0.15) is 0 Å². The molecular weight excluding hydrogens is 392 g/mol. The monoisotopic (exact) mass is 408 g/mol. The van der Waals surface area contributed by atoms with Crippen molar-refractivity contribution in [3.63, 3.8) is 0 Å². The Hall–Kier alpha value is -2.57. The van der Waals surface area contributed by atoms with Crippen LogP contribution in [0, 0.1) is 0 Å². The molecule has 4 aromatic rings. The molecule has 1 aliphatic rings. The average Bonchev–Trinajstić information content (AvgIpc) is 3.31. The van der Waals surface area contributed by atoms with Gasteiger partial charge in [0.1, 0.15) is 12.1 Å². The second-order valence-electron chi connectivity index (χ2n) is 6.73. The van der Waals surface area contributed by atoms with E-state index in [1.54, 1.807) is 18.0 Å². The molecule has 5 nitrogen and oxygen atoms in total. The molecule has 2 heterocycles. The zero-order valence-electron chi connectivity index (χ0n) is 15.0. The summed E-state index contributed by atoms with van der Waals surface area (Å²) < 4.78 is 7.81. The van der Waals surface area contributed by atoms with Crippen LogP contribution in [0.4, 0.5) is 0 Å². The number of nitrogens with zero attached hydrogens (tertiary/aromatic N) is 4. The molecule has 140 valence electrons. The Balaban J connectivity index is 1.37. The lowest BCUT2D eigenvalue weighted by atomic mass is 10.2. The Bertz CT molecular complexity index is 1090. The van der Waals surface area contributed by atoms with Gasteiger partial charge in [-0.3, -0.25) is 4.57 Å². The number of thioether (sulfide) groups is 1. The molecule has 7 heteroatoms. The van der Waals surface area contributed by atoms with Gasteiger partial charge in [-0.1, -0.05) is 41.6 Å². The van der Waals surface area contributed by atoms with Gasteiger partial charge in [0, 0.05) is 27.9 Å². The number of aromatic nitrogens is 4. The highest BCUT2D eigenvalue weighted by atomic mass is 35.5. The van der Waals surface area contributed by atoms with E-state index in [9.17, 15) is 0 Å². The molecule has 28 heavy (non-hydrogen) atoms. The molecule has 1 saturated carbocycles. The maximum absolute atomic E-state index is 5.95. The van der Waals surface area contributed by atoms with Crippen molar-refractivity contribution >= 4 is 23.4 Å². The minimum absolute atomic E-state index is 0.519. The topological polar surface area (TPSA) is 56.7 Å². The second-order valence-corrected chi connectivity index (χ2v) is 8.10. The average molecular weight is 409 g/mol. The van der Waals surface area contributed by atoms with Crippen LogP contribution in [0.1, 0.15) is 30.3 Å². The number of oxazole rings is 1. The molecule has 0 spiro atoms. The predicted molar refractivity (Wildman–Crippen MR) is 110 cm³/mol. The van der Waals surface area contributed by atoms with Gasteiger partial charge in [0.15, 0.2) is 5.16 Å². The lowest BCUT2D eigenvalue weighted by Gasteiger charge is -2.09. The summed E-state index contributed by atoms with van der Waals surface area (Å²) in [6.07, 6.45) is 4.06. The highest BCUT2D eigenvalue weighted by Crippen LogP contribution is 2.41. The van der Waals surface area contributed by atoms with Crippen LogP contribution in [0.2, 0.25) is 5.02 Å². The van der Waals surface area contributed by atoms with Crippen molar-refractivity contribution in [1.29, 1.82) is 0 Å². The number of hydrogen-bond acceptors (Lipinski definition) is 5. The maximum Gasteiger partial charge on any atom is 0.226 e. The normalized spacial score (nSPS) is 13.8. The van der Waals surface area contributed by atoms with E-state index in [0.29, 0.717) is 22.6 Å². The van der Waals surface area contributed by atoms with Gasteiger partial charge in [0.25, 0.3) is 0 Å². The zero-order chi connectivity index (χ0) is 18.9. The quantitative estimate of drug-likeness (QED) is 0.380. The van der Waals surface area contributed by atoms with Gasteiger partial charge >= 0.3 is 0 Å². The van der Waals surface area contributed by atoms with Crippen LogP contribution in [0.15, 0.2) is 70.4 Å². The van der Waals surface area contributed by atoms with E-state index < -0.39 is 0 Å². The molecule has 1 aliphatic carbocycles. The third-order valence-corrected chi connectivity index (χ3v) is 5.82. The van der Waals surface area contributed by atoms with Crippen LogP contribution in [0.3, 0.4) is 0 Å². The van der Waals surface area contributed by atoms with Gasteiger partial charge in [-0.15, -0.1) is 10.2 Å². The minimum atomic E-state index is 0.519. The smallest absolute Gasteiger partial charge is 0.226 e. The van der Waals surface area contributed by atoms with E-state index in [1.165, 1.54) is 12.8 Å². The minimum Gasteiger partial charge on any atom is -0.444 e. The molecule has 5 rings (SSSR count). The Labute approximate surface area is 171 Å².